The second-order valence-electron chi connectivity index (χ2n) is 7.77. The van der Waals surface area contributed by atoms with E-state index in [0.717, 1.165) is 29.7 Å². The van der Waals surface area contributed by atoms with Crippen LogP contribution in [0.1, 0.15) is 40.4 Å². The van der Waals surface area contributed by atoms with Crippen molar-refractivity contribution < 1.29 is 14.3 Å². The van der Waals surface area contributed by atoms with Gasteiger partial charge in [0.05, 0.1) is 29.1 Å². The third-order valence-corrected chi connectivity index (χ3v) is 5.48. The van der Waals surface area contributed by atoms with Crippen LogP contribution in [-0.4, -0.2) is 25.0 Å². The van der Waals surface area contributed by atoms with Crippen molar-refractivity contribution in [2.24, 2.45) is 5.73 Å². The number of nitrogens with two attached hydrogens (primary N) is 1. The van der Waals surface area contributed by atoms with E-state index >= 15 is 0 Å². The first-order valence-electron chi connectivity index (χ1n) is 11.1. The lowest BCUT2D eigenvalue weighted by atomic mass is 9.99. The van der Waals surface area contributed by atoms with Crippen molar-refractivity contribution in [1.82, 2.24) is 0 Å². The predicted octanol–water partition coefficient (Wildman–Crippen LogP) is 4.69. The molecular weight excluding hydrogens is 414 g/mol. The van der Waals surface area contributed by atoms with Gasteiger partial charge in [-0.15, -0.1) is 0 Å². The van der Waals surface area contributed by atoms with Gasteiger partial charge < -0.3 is 21.1 Å². The van der Waals surface area contributed by atoms with E-state index in [0.29, 0.717) is 35.7 Å². The Bertz CT molecular complexity index is 1180. The molecule has 6 heteroatoms. The number of ether oxygens (including phenoxy) is 1. The van der Waals surface area contributed by atoms with Crippen molar-refractivity contribution in [3.05, 3.63) is 95.1 Å². The fraction of sp³-hybridized carbons (Fsp3) is 0.185. The Labute approximate surface area is 193 Å². The standard InChI is InChI=1S/C27H27N3O3/c1-2-33-27(32)20-12-15-22-23(17-20)30-26(31)24(22)25(19-8-4-3-5-9-19)29-21-13-10-18(11-14-21)7-6-16-28/h3-5,8-15,17,29H,2,6-7,16,28H2,1H3,(H,30,31). The van der Waals surface area contributed by atoms with Gasteiger partial charge in [0.2, 0.25) is 0 Å². The minimum atomic E-state index is -0.414. The van der Waals surface area contributed by atoms with Gasteiger partial charge in [-0.3, -0.25) is 4.79 Å². The molecule has 3 aromatic carbocycles. The molecule has 168 valence electrons. The van der Waals surface area contributed by atoms with Crippen LogP contribution in [0, 0.1) is 0 Å². The Kier molecular flexibility index (Phi) is 6.86. The molecule has 0 spiro atoms. The van der Waals surface area contributed by atoms with Crippen LogP contribution in [0.2, 0.25) is 0 Å². The molecule has 4 N–H and O–H groups in total. The molecule has 6 nitrogen and oxygen atoms in total. The van der Waals surface area contributed by atoms with Crippen LogP contribution in [0.15, 0.2) is 72.8 Å². The SMILES string of the molecule is CCOC(=O)c1ccc2c(c1)NC(=O)C2=C(Nc1ccc(CCCN)cc1)c1ccccc1. The molecule has 0 saturated heterocycles. The van der Waals surface area contributed by atoms with E-state index in [1.54, 1.807) is 25.1 Å². The van der Waals surface area contributed by atoms with Crippen LogP contribution in [0.4, 0.5) is 11.4 Å². The molecule has 0 atom stereocenters. The Hall–Kier alpha value is -3.90. The van der Waals surface area contributed by atoms with Gasteiger partial charge in [-0.05, 0) is 61.7 Å². The normalized spacial score (nSPS) is 13.8. The van der Waals surface area contributed by atoms with E-state index < -0.39 is 5.97 Å². The van der Waals surface area contributed by atoms with Gasteiger partial charge in [0.15, 0.2) is 0 Å². The maximum atomic E-state index is 13.1. The summed E-state index contributed by atoms with van der Waals surface area (Å²) < 4.78 is 5.09. The van der Waals surface area contributed by atoms with Crippen molar-refractivity contribution in [2.45, 2.75) is 19.8 Å². The molecule has 1 amide bonds. The van der Waals surface area contributed by atoms with E-state index in [9.17, 15) is 9.59 Å². The smallest absolute Gasteiger partial charge is 0.338 e. The number of hydrogen-bond donors (Lipinski definition) is 3. The number of benzene rings is 3. The van der Waals surface area contributed by atoms with Crippen molar-refractivity contribution in [1.29, 1.82) is 0 Å². The van der Waals surface area contributed by atoms with E-state index in [2.05, 4.69) is 22.8 Å². The van der Waals surface area contributed by atoms with Gasteiger partial charge in [-0.2, -0.15) is 0 Å². The van der Waals surface area contributed by atoms with Crippen molar-refractivity contribution in [3.63, 3.8) is 0 Å². The Morgan fingerprint density at radius 1 is 1.00 bits per heavy atom. The maximum absolute atomic E-state index is 13.1. The molecule has 0 saturated carbocycles. The largest absolute Gasteiger partial charge is 0.462 e. The number of rotatable bonds is 8. The molecule has 1 aliphatic rings. The van der Waals surface area contributed by atoms with Gasteiger partial charge in [0.1, 0.15) is 0 Å². The van der Waals surface area contributed by atoms with Crippen LogP contribution in [0.3, 0.4) is 0 Å². The summed E-state index contributed by atoms with van der Waals surface area (Å²) in [5.74, 6) is -0.639. The van der Waals surface area contributed by atoms with E-state index in [-0.39, 0.29) is 5.91 Å². The number of anilines is 2. The average Bonchev–Trinajstić information content (AvgIpc) is 3.17. The molecule has 4 rings (SSSR count). The lowest BCUT2D eigenvalue weighted by Crippen LogP contribution is -2.10. The van der Waals surface area contributed by atoms with Crippen molar-refractivity contribution in [2.75, 3.05) is 23.8 Å². The van der Waals surface area contributed by atoms with Gasteiger partial charge in [-0.25, -0.2) is 4.79 Å². The number of carbonyl (C=O) groups excluding carboxylic acids is 2. The average molecular weight is 442 g/mol. The predicted molar refractivity (Wildman–Crippen MR) is 132 cm³/mol. The molecule has 0 fully saturated rings. The van der Waals surface area contributed by atoms with Crippen molar-refractivity contribution >= 4 is 34.5 Å². The van der Waals surface area contributed by atoms with E-state index in [1.165, 1.54) is 5.56 Å². The molecule has 0 bridgehead atoms. The fourth-order valence-electron chi connectivity index (χ4n) is 3.85. The summed E-state index contributed by atoms with van der Waals surface area (Å²) in [5, 5.41) is 6.35. The number of aryl methyl sites for hydroxylation is 1. The quantitative estimate of drug-likeness (QED) is 0.348. The Morgan fingerprint density at radius 3 is 2.45 bits per heavy atom. The highest BCUT2D eigenvalue weighted by molar-refractivity contribution is 6.37. The fourth-order valence-corrected chi connectivity index (χ4v) is 3.85. The first-order chi connectivity index (χ1) is 16.1. The van der Waals surface area contributed by atoms with Crippen LogP contribution in [0.25, 0.3) is 11.3 Å². The minimum Gasteiger partial charge on any atom is -0.462 e. The maximum Gasteiger partial charge on any atom is 0.338 e. The highest BCUT2D eigenvalue weighted by Crippen LogP contribution is 2.38. The second-order valence-corrected chi connectivity index (χ2v) is 7.77. The number of esters is 1. The summed E-state index contributed by atoms with van der Waals surface area (Å²) in [6.45, 7) is 2.72. The molecule has 0 aliphatic carbocycles. The first kappa shape index (κ1) is 22.3. The van der Waals surface area contributed by atoms with Gasteiger partial charge in [0.25, 0.3) is 5.91 Å². The van der Waals surface area contributed by atoms with Crippen molar-refractivity contribution in [3.8, 4) is 0 Å². The first-order valence-corrected chi connectivity index (χ1v) is 11.1. The molecule has 33 heavy (non-hydrogen) atoms. The summed E-state index contributed by atoms with van der Waals surface area (Å²) in [6, 6.07) is 23.0. The van der Waals surface area contributed by atoms with Gasteiger partial charge in [-0.1, -0.05) is 48.5 Å². The summed E-state index contributed by atoms with van der Waals surface area (Å²) in [5.41, 5.74) is 11.6. The topological polar surface area (TPSA) is 93.4 Å². The van der Waals surface area contributed by atoms with E-state index in [4.69, 9.17) is 10.5 Å². The monoisotopic (exact) mass is 441 g/mol. The van der Waals surface area contributed by atoms with E-state index in [1.807, 2.05) is 42.5 Å². The highest BCUT2D eigenvalue weighted by Gasteiger charge is 2.29. The third kappa shape index (κ3) is 4.96. The number of hydrogen-bond acceptors (Lipinski definition) is 5. The lowest BCUT2D eigenvalue weighted by Gasteiger charge is -2.15. The van der Waals surface area contributed by atoms with Gasteiger partial charge >= 0.3 is 5.97 Å². The highest BCUT2D eigenvalue weighted by atomic mass is 16.5. The molecule has 0 aromatic heterocycles. The Morgan fingerprint density at radius 2 is 1.76 bits per heavy atom. The lowest BCUT2D eigenvalue weighted by molar-refractivity contribution is -0.110. The number of amides is 1. The zero-order valence-electron chi connectivity index (χ0n) is 18.6. The molecule has 0 unspecified atom stereocenters. The van der Waals surface area contributed by atoms with Crippen LogP contribution in [-0.2, 0) is 16.0 Å². The van der Waals surface area contributed by atoms with Crippen LogP contribution in [0.5, 0.6) is 0 Å². The summed E-state index contributed by atoms with van der Waals surface area (Å²) in [7, 11) is 0. The minimum absolute atomic E-state index is 0.225. The summed E-state index contributed by atoms with van der Waals surface area (Å²) >= 11 is 0. The molecular formula is C27H27N3O3. The summed E-state index contributed by atoms with van der Waals surface area (Å²) in [4.78, 5) is 25.2. The number of nitrogens with one attached hydrogen (secondary N) is 2. The Balaban J connectivity index is 1.74. The third-order valence-electron chi connectivity index (χ3n) is 5.48. The van der Waals surface area contributed by atoms with Crippen LogP contribution < -0.4 is 16.4 Å². The molecule has 1 aliphatic heterocycles. The zero-order valence-corrected chi connectivity index (χ0v) is 18.6. The zero-order chi connectivity index (χ0) is 23.2. The van der Waals surface area contributed by atoms with Crippen LogP contribution >= 0.6 is 0 Å². The molecule has 1 heterocycles. The van der Waals surface area contributed by atoms with Gasteiger partial charge in [0, 0.05) is 11.3 Å². The molecule has 3 aromatic rings. The second kappa shape index (κ2) is 10.1. The number of fused-ring (bicyclic) bond motifs is 1. The molecule has 0 radical (unpaired) electrons. The number of carbonyl (C=O) groups is 2. The summed E-state index contributed by atoms with van der Waals surface area (Å²) in [6.07, 6.45) is 1.87.